The number of hydrogen-bond acceptors (Lipinski definition) is 3. The maximum atomic E-state index is 12.9. The van der Waals surface area contributed by atoms with Gasteiger partial charge in [-0.1, -0.05) is 84.4 Å². The SMILES string of the molecule is O=C(CC(CN1CCC(O)(c2ccc(Cl)cc2)CC1)c1ccccc1)c1ccccc1. The van der Waals surface area contributed by atoms with Gasteiger partial charge in [-0.2, -0.15) is 0 Å². The molecule has 1 unspecified atom stereocenters. The molecule has 1 fully saturated rings. The van der Waals surface area contributed by atoms with Gasteiger partial charge in [0, 0.05) is 42.6 Å². The number of hydrogen-bond donors (Lipinski definition) is 1. The molecule has 1 saturated heterocycles. The lowest BCUT2D eigenvalue weighted by atomic mass is 9.83. The van der Waals surface area contributed by atoms with Crippen molar-refractivity contribution < 1.29 is 9.90 Å². The lowest BCUT2D eigenvalue weighted by Gasteiger charge is -2.40. The molecule has 3 aromatic rings. The third-order valence-corrected chi connectivity index (χ3v) is 6.59. The predicted octanol–water partition coefficient (Wildman–Crippen LogP) is 5.68. The summed E-state index contributed by atoms with van der Waals surface area (Å²) in [5.74, 6) is 0.291. The fraction of sp³-hybridized carbons (Fsp3) is 0.296. The third-order valence-electron chi connectivity index (χ3n) is 6.34. The minimum Gasteiger partial charge on any atom is -0.385 e. The molecule has 0 amide bonds. The van der Waals surface area contributed by atoms with Crippen molar-refractivity contribution >= 4 is 17.4 Å². The van der Waals surface area contributed by atoms with Crippen LogP contribution in [0.3, 0.4) is 0 Å². The highest BCUT2D eigenvalue weighted by molar-refractivity contribution is 6.30. The van der Waals surface area contributed by atoms with Crippen LogP contribution in [0.5, 0.6) is 0 Å². The highest BCUT2D eigenvalue weighted by Crippen LogP contribution is 2.34. The first-order valence-electron chi connectivity index (χ1n) is 10.9. The monoisotopic (exact) mass is 433 g/mol. The fourth-order valence-electron chi connectivity index (χ4n) is 4.44. The number of nitrogens with zero attached hydrogens (tertiary/aromatic N) is 1. The van der Waals surface area contributed by atoms with E-state index in [4.69, 9.17) is 11.6 Å². The smallest absolute Gasteiger partial charge is 0.163 e. The van der Waals surface area contributed by atoms with Crippen LogP contribution in [0.25, 0.3) is 0 Å². The molecule has 4 heteroatoms. The van der Waals surface area contributed by atoms with Gasteiger partial charge in [-0.3, -0.25) is 4.79 Å². The molecule has 0 aromatic heterocycles. The summed E-state index contributed by atoms with van der Waals surface area (Å²) < 4.78 is 0. The van der Waals surface area contributed by atoms with Gasteiger partial charge in [0.05, 0.1) is 5.60 Å². The Labute approximate surface area is 189 Å². The molecule has 160 valence electrons. The Kier molecular flexibility index (Phi) is 6.86. The van der Waals surface area contributed by atoms with Gasteiger partial charge in [0.2, 0.25) is 0 Å². The summed E-state index contributed by atoms with van der Waals surface area (Å²) in [6.07, 6.45) is 1.82. The molecule has 3 nitrogen and oxygen atoms in total. The van der Waals surface area contributed by atoms with Crippen molar-refractivity contribution in [1.29, 1.82) is 0 Å². The van der Waals surface area contributed by atoms with Crippen LogP contribution < -0.4 is 0 Å². The molecule has 0 radical (unpaired) electrons. The Balaban J connectivity index is 1.44. The van der Waals surface area contributed by atoms with E-state index in [2.05, 4.69) is 17.0 Å². The zero-order valence-corrected chi connectivity index (χ0v) is 18.3. The van der Waals surface area contributed by atoms with Crippen LogP contribution in [0.4, 0.5) is 0 Å². The van der Waals surface area contributed by atoms with E-state index in [9.17, 15) is 9.90 Å². The number of piperidine rings is 1. The average molecular weight is 434 g/mol. The molecule has 0 saturated carbocycles. The summed E-state index contributed by atoms with van der Waals surface area (Å²) in [6, 6.07) is 27.3. The average Bonchev–Trinajstić information content (AvgIpc) is 2.81. The van der Waals surface area contributed by atoms with E-state index in [-0.39, 0.29) is 11.7 Å². The molecule has 4 rings (SSSR count). The summed E-state index contributed by atoms with van der Waals surface area (Å²) in [7, 11) is 0. The Bertz CT molecular complexity index is 981. The van der Waals surface area contributed by atoms with Crippen molar-refractivity contribution in [2.24, 2.45) is 0 Å². The van der Waals surface area contributed by atoms with Crippen LogP contribution in [0, 0.1) is 0 Å². The number of rotatable bonds is 7. The molecular formula is C27H28ClNO2. The number of likely N-dealkylation sites (tertiary alicyclic amines) is 1. The predicted molar refractivity (Wildman–Crippen MR) is 126 cm³/mol. The molecular weight excluding hydrogens is 406 g/mol. The number of benzene rings is 3. The summed E-state index contributed by atoms with van der Waals surface area (Å²) >= 11 is 6.00. The molecule has 31 heavy (non-hydrogen) atoms. The molecule has 0 aliphatic carbocycles. The van der Waals surface area contributed by atoms with E-state index in [0.29, 0.717) is 24.3 Å². The number of Topliss-reactive ketones (excluding diaryl/α,β-unsaturated/α-hetero) is 1. The standard InChI is InChI=1S/C27H28ClNO2/c28-25-13-11-24(12-14-25)27(31)15-17-29(18-16-27)20-23(21-7-3-1-4-8-21)19-26(30)22-9-5-2-6-10-22/h1-14,23,31H,15-20H2. The van der Waals surface area contributed by atoms with Crippen molar-refractivity contribution in [1.82, 2.24) is 4.90 Å². The first kappa shape index (κ1) is 21.8. The third kappa shape index (κ3) is 5.43. The number of carbonyl (C=O) groups excluding carboxylic acids is 1. The van der Waals surface area contributed by atoms with E-state index in [1.165, 1.54) is 5.56 Å². The highest BCUT2D eigenvalue weighted by Gasteiger charge is 2.34. The number of halogens is 1. The number of ketones is 1. The van der Waals surface area contributed by atoms with Crippen molar-refractivity contribution in [3.05, 3.63) is 107 Å². The Morgan fingerprint density at radius 1 is 0.903 bits per heavy atom. The molecule has 1 aliphatic rings. The van der Waals surface area contributed by atoms with Crippen molar-refractivity contribution in [3.8, 4) is 0 Å². The van der Waals surface area contributed by atoms with E-state index in [1.807, 2.05) is 72.8 Å². The van der Waals surface area contributed by atoms with Crippen LogP contribution >= 0.6 is 11.6 Å². The summed E-state index contributed by atoms with van der Waals surface area (Å²) in [6.45, 7) is 2.39. The maximum absolute atomic E-state index is 12.9. The Hall–Kier alpha value is -2.46. The van der Waals surface area contributed by atoms with Gasteiger partial charge in [0.1, 0.15) is 0 Å². The topological polar surface area (TPSA) is 40.5 Å². The van der Waals surface area contributed by atoms with Gasteiger partial charge in [0.15, 0.2) is 5.78 Å². The van der Waals surface area contributed by atoms with E-state index >= 15 is 0 Å². The normalized spacial score (nSPS) is 17.2. The fourth-order valence-corrected chi connectivity index (χ4v) is 4.57. The van der Waals surface area contributed by atoms with Crippen molar-refractivity contribution in [3.63, 3.8) is 0 Å². The lowest BCUT2D eigenvalue weighted by molar-refractivity contribution is -0.0270. The van der Waals surface area contributed by atoms with E-state index in [0.717, 1.165) is 30.8 Å². The number of carbonyl (C=O) groups is 1. The second-order valence-corrected chi connectivity index (χ2v) is 8.88. The van der Waals surface area contributed by atoms with Gasteiger partial charge in [0.25, 0.3) is 0 Å². The number of aliphatic hydroxyl groups is 1. The summed E-state index contributed by atoms with van der Waals surface area (Å²) in [4.78, 5) is 15.3. The van der Waals surface area contributed by atoms with Gasteiger partial charge < -0.3 is 10.0 Å². The maximum Gasteiger partial charge on any atom is 0.163 e. The first-order chi connectivity index (χ1) is 15.0. The van der Waals surface area contributed by atoms with Gasteiger partial charge in [-0.15, -0.1) is 0 Å². The minimum absolute atomic E-state index is 0.121. The molecule has 1 N–H and O–H groups in total. The first-order valence-corrected chi connectivity index (χ1v) is 11.3. The zero-order valence-electron chi connectivity index (χ0n) is 17.6. The Morgan fingerprint density at radius 3 is 2.10 bits per heavy atom. The Morgan fingerprint density at radius 2 is 1.48 bits per heavy atom. The molecule has 3 aromatic carbocycles. The molecule has 0 spiro atoms. The quantitative estimate of drug-likeness (QED) is 0.487. The second-order valence-electron chi connectivity index (χ2n) is 8.44. The lowest BCUT2D eigenvalue weighted by Crippen LogP contribution is -2.44. The van der Waals surface area contributed by atoms with Gasteiger partial charge >= 0.3 is 0 Å². The van der Waals surface area contributed by atoms with E-state index < -0.39 is 5.60 Å². The largest absolute Gasteiger partial charge is 0.385 e. The summed E-state index contributed by atoms with van der Waals surface area (Å²) in [5, 5.41) is 11.9. The van der Waals surface area contributed by atoms with Crippen molar-refractivity contribution in [2.75, 3.05) is 19.6 Å². The van der Waals surface area contributed by atoms with Crippen LogP contribution in [-0.2, 0) is 5.60 Å². The minimum atomic E-state index is -0.816. The molecule has 1 aliphatic heterocycles. The highest BCUT2D eigenvalue weighted by atomic mass is 35.5. The van der Waals surface area contributed by atoms with Gasteiger partial charge in [-0.25, -0.2) is 0 Å². The van der Waals surface area contributed by atoms with Crippen LogP contribution in [0.2, 0.25) is 5.02 Å². The molecule has 1 heterocycles. The van der Waals surface area contributed by atoms with Crippen molar-refractivity contribution in [2.45, 2.75) is 30.8 Å². The van der Waals surface area contributed by atoms with Crippen LogP contribution in [-0.4, -0.2) is 35.4 Å². The zero-order chi connectivity index (χ0) is 21.7. The van der Waals surface area contributed by atoms with Crippen LogP contribution in [0.15, 0.2) is 84.9 Å². The molecule has 1 atom stereocenters. The van der Waals surface area contributed by atoms with Crippen LogP contribution in [0.1, 0.15) is 46.7 Å². The summed E-state index contributed by atoms with van der Waals surface area (Å²) in [5.41, 5.74) is 2.06. The van der Waals surface area contributed by atoms with E-state index in [1.54, 1.807) is 0 Å². The second kappa shape index (κ2) is 9.78. The van der Waals surface area contributed by atoms with Gasteiger partial charge in [-0.05, 0) is 36.1 Å². The molecule has 0 bridgehead atoms.